The van der Waals surface area contributed by atoms with Crippen LogP contribution in [0.3, 0.4) is 0 Å². The first-order chi connectivity index (χ1) is 15.5. The van der Waals surface area contributed by atoms with E-state index in [1.165, 1.54) is 16.8 Å². The Morgan fingerprint density at radius 1 is 0.719 bits per heavy atom. The molecule has 0 atom stereocenters. The fourth-order valence-electron chi connectivity index (χ4n) is 4.33. The van der Waals surface area contributed by atoms with Gasteiger partial charge in [-0.15, -0.1) is 10.2 Å². The van der Waals surface area contributed by atoms with Crippen molar-refractivity contribution in [3.05, 3.63) is 90.5 Å². The van der Waals surface area contributed by atoms with Crippen LogP contribution in [0.2, 0.25) is 0 Å². The van der Waals surface area contributed by atoms with Crippen molar-refractivity contribution in [3.8, 4) is 22.8 Å². The monoisotopic (exact) mass is 421 g/mol. The highest BCUT2D eigenvalue weighted by Gasteiger charge is 2.19. The highest BCUT2D eigenvalue weighted by atomic mass is 15.3. The van der Waals surface area contributed by atoms with Gasteiger partial charge in [0.25, 0.3) is 0 Å². The van der Waals surface area contributed by atoms with Gasteiger partial charge in [0.05, 0.1) is 16.7 Å². The molecule has 0 spiro atoms. The summed E-state index contributed by atoms with van der Waals surface area (Å²) in [6.45, 7) is 8.93. The Labute approximate surface area is 188 Å². The summed E-state index contributed by atoms with van der Waals surface area (Å²) in [5.74, 6) is 1.61. The van der Waals surface area contributed by atoms with Crippen molar-refractivity contribution >= 4 is 11.0 Å². The number of imidazole rings is 1. The van der Waals surface area contributed by atoms with Crippen LogP contribution in [-0.2, 0) is 0 Å². The number of hydrogen-bond donors (Lipinski definition) is 0. The molecule has 5 rings (SSSR count). The molecule has 160 valence electrons. The van der Waals surface area contributed by atoms with Gasteiger partial charge in [-0.1, -0.05) is 64.1 Å². The fourth-order valence-corrected chi connectivity index (χ4v) is 4.33. The maximum absolute atomic E-state index is 4.67. The molecule has 0 unspecified atom stereocenters. The standard InChI is InChI=1S/C27H27N5/c1-18(2)22-11-8-12-23(19(3)4)26(22)32-17-29-30-27(32)20-13-14-25-24(15-20)28-16-31(25)21-9-6-5-7-10-21/h5-19H,1-4H3. The summed E-state index contributed by atoms with van der Waals surface area (Å²) < 4.78 is 4.24. The highest BCUT2D eigenvalue weighted by molar-refractivity contribution is 5.82. The maximum atomic E-state index is 4.67. The van der Waals surface area contributed by atoms with Gasteiger partial charge in [0, 0.05) is 11.3 Å². The van der Waals surface area contributed by atoms with E-state index < -0.39 is 0 Å². The predicted molar refractivity (Wildman–Crippen MR) is 130 cm³/mol. The van der Waals surface area contributed by atoms with Crippen molar-refractivity contribution in [2.24, 2.45) is 0 Å². The van der Waals surface area contributed by atoms with Crippen LogP contribution in [-0.4, -0.2) is 24.3 Å². The minimum Gasteiger partial charge on any atom is -0.299 e. The molecule has 2 heterocycles. The molecular formula is C27H27N5. The largest absolute Gasteiger partial charge is 0.299 e. The van der Waals surface area contributed by atoms with Crippen LogP contribution in [0.25, 0.3) is 33.8 Å². The summed E-state index contributed by atoms with van der Waals surface area (Å²) in [5.41, 5.74) is 7.88. The molecule has 5 nitrogen and oxygen atoms in total. The lowest BCUT2D eigenvalue weighted by Gasteiger charge is -2.21. The van der Waals surface area contributed by atoms with Crippen molar-refractivity contribution < 1.29 is 0 Å². The van der Waals surface area contributed by atoms with E-state index in [4.69, 9.17) is 0 Å². The molecule has 2 aromatic heterocycles. The van der Waals surface area contributed by atoms with Gasteiger partial charge in [-0.3, -0.25) is 9.13 Å². The lowest BCUT2D eigenvalue weighted by Crippen LogP contribution is -2.07. The Morgan fingerprint density at radius 3 is 2.12 bits per heavy atom. The zero-order chi connectivity index (χ0) is 22.2. The van der Waals surface area contributed by atoms with Gasteiger partial charge in [-0.2, -0.15) is 0 Å². The third kappa shape index (κ3) is 3.40. The fraction of sp³-hybridized carbons (Fsp3) is 0.222. The Kier molecular flexibility index (Phi) is 5.10. The molecule has 0 aliphatic rings. The zero-order valence-electron chi connectivity index (χ0n) is 18.9. The first-order valence-corrected chi connectivity index (χ1v) is 11.1. The van der Waals surface area contributed by atoms with Crippen molar-refractivity contribution in [3.63, 3.8) is 0 Å². The summed E-state index contributed by atoms with van der Waals surface area (Å²) in [5, 5.41) is 8.81. The Bertz CT molecular complexity index is 1350. The summed E-state index contributed by atoms with van der Waals surface area (Å²) in [6, 6.07) is 23.2. The number of nitrogens with zero attached hydrogens (tertiary/aromatic N) is 5. The molecule has 0 amide bonds. The number of hydrogen-bond acceptors (Lipinski definition) is 3. The first kappa shape index (κ1) is 20.2. The summed E-state index contributed by atoms with van der Waals surface area (Å²) in [6.07, 6.45) is 3.70. The van der Waals surface area contributed by atoms with Crippen LogP contribution < -0.4 is 0 Å². The van der Waals surface area contributed by atoms with Crippen LogP contribution in [0, 0.1) is 0 Å². The van der Waals surface area contributed by atoms with Gasteiger partial charge >= 0.3 is 0 Å². The molecule has 5 aromatic rings. The number of rotatable bonds is 5. The molecule has 32 heavy (non-hydrogen) atoms. The van der Waals surface area contributed by atoms with E-state index in [2.05, 4.69) is 101 Å². The van der Waals surface area contributed by atoms with Crippen LogP contribution in [0.1, 0.15) is 50.7 Å². The number of fused-ring (bicyclic) bond motifs is 1. The summed E-state index contributed by atoms with van der Waals surface area (Å²) in [4.78, 5) is 4.67. The van der Waals surface area contributed by atoms with Crippen molar-refractivity contribution in [1.29, 1.82) is 0 Å². The molecule has 0 bridgehead atoms. The smallest absolute Gasteiger partial charge is 0.168 e. The number of para-hydroxylation sites is 2. The molecule has 0 N–H and O–H groups in total. The molecule has 5 heteroatoms. The third-order valence-electron chi connectivity index (χ3n) is 5.97. The summed E-state index contributed by atoms with van der Waals surface area (Å²) >= 11 is 0. The number of aromatic nitrogens is 5. The lowest BCUT2D eigenvalue weighted by molar-refractivity contribution is 0.806. The van der Waals surface area contributed by atoms with E-state index in [0.717, 1.165) is 28.1 Å². The van der Waals surface area contributed by atoms with Gasteiger partial charge in [-0.05, 0) is 53.3 Å². The van der Waals surface area contributed by atoms with Crippen molar-refractivity contribution in [2.75, 3.05) is 0 Å². The Balaban J connectivity index is 1.65. The Hall–Kier alpha value is -3.73. The van der Waals surface area contributed by atoms with E-state index in [1.807, 2.05) is 30.9 Å². The van der Waals surface area contributed by atoms with Gasteiger partial charge in [0.1, 0.15) is 12.7 Å². The van der Waals surface area contributed by atoms with E-state index in [1.54, 1.807) is 0 Å². The minimum absolute atomic E-state index is 0.392. The van der Waals surface area contributed by atoms with Gasteiger partial charge in [0.15, 0.2) is 5.82 Å². The second-order valence-corrected chi connectivity index (χ2v) is 8.77. The molecule has 0 radical (unpaired) electrons. The zero-order valence-corrected chi connectivity index (χ0v) is 18.9. The quantitative estimate of drug-likeness (QED) is 0.324. The van der Waals surface area contributed by atoms with Crippen LogP contribution >= 0.6 is 0 Å². The lowest BCUT2D eigenvalue weighted by atomic mass is 9.92. The van der Waals surface area contributed by atoms with Gasteiger partial charge in [0.2, 0.25) is 0 Å². The van der Waals surface area contributed by atoms with Crippen LogP contribution in [0.4, 0.5) is 0 Å². The summed E-state index contributed by atoms with van der Waals surface area (Å²) in [7, 11) is 0. The van der Waals surface area contributed by atoms with Gasteiger partial charge in [-0.25, -0.2) is 4.98 Å². The van der Waals surface area contributed by atoms with Gasteiger partial charge < -0.3 is 0 Å². The average Bonchev–Trinajstić information content (AvgIpc) is 3.45. The molecule has 0 saturated carbocycles. The molecular weight excluding hydrogens is 394 g/mol. The van der Waals surface area contributed by atoms with Crippen molar-refractivity contribution in [1.82, 2.24) is 24.3 Å². The number of benzene rings is 3. The third-order valence-corrected chi connectivity index (χ3v) is 5.97. The van der Waals surface area contributed by atoms with E-state index >= 15 is 0 Å². The molecule has 0 saturated heterocycles. The average molecular weight is 422 g/mol. The van der Waals surface area contributed by atoms with E-state index in [0.29, 0.717) is 11.8 Å². The SMILES string of the molecule is CC(C)c1cccc(C(C)C)c1-n1cnnc1-c1ccc2c(c1)ncn2-c1ccccc1. The molecule has 0 aliphatic carbocycles. The Morgan fingerprint density at radius 2 is 1.44 bits per heavy atom. The maximum Gasteiger partial charge on any atom is 0.168 e. The highest BCUT2D eigenvalue weighted by Crippen LogP contribution is 2.34. The van der Waals surface area contributed by atoms with E-state index in [9.17, 15) is 0 Å². The minimum atomic E-state index is 0.392. The van der Waals surface area contributed by atoms with E-state index in [-0.39, 0.29) is 0 Å². The molecule has 3 aromatic carbocycles. The van der Waals surface area contributed by atoms with Crippen LogP contribution in [0.5, 0.6) is 0 Å². The predicted octanol–water partition coefficient (Wildman–Crippen LogP) is 6.52. The van der Waals surface area contributed by atoms with Crippen LogP contribution in [0.15, 0.2) is 79.4 Å². The molecule has 0 aliphatic heterocycles. The second kappa shape index (κ2) is 8.08. The second-order valence-electron chi connectivity index (χ2n) is 8.77. The van der Waals surface area contributed by atoms with Crippen molar-refractivity contribution in [2.45, 2.75) is 39.5 Å². The molecule has 0 fully saturated rings. The topological polar surface area (TPSA) is 48.5 Å². The first-order valence-electron chi connectivity index (χ1n) is 11.1. The normalized spacial score (nSPS) is 11.7.